The van der Waals surface area contributed by atoms with Gasteiger partial charge in [0, 0.05) is 19.6 Å². The molecule has 0 bridgehead atoms. The Balaban J connectivity index is 2.01. The highest BCUT2D eigenvalue weighted by Gasteiger charge is 2.26. The number of β-amino-alcohol motifs (C(OH)–C–C–N with tert-alkyl or cyclic N) is 1. The third-order valence-corrected chi connectivity index (χ3v) is 3.86. The number of pyridine rings is 1. The molecular weight excluding hydrogens is 257 g/mol. The third kappa shape index (κ3) is 3.98. The van der Waals surface area contributed by atoms with Crippen LogP contribution in [0.15, 0.2) is 18.3 Å². The van der Waals surface area contributed by atoms with Gasteiger partial charge in [-0.25, -0.2) is 4.39 Å². The number of halogens is 1. The summed E-state index contributed by atoms with van der Waals surface area (Å²) in [6, 6.07) is 3.31. The molecule has 20 heavy (non-hydrogen) atoms. The first kappa shape index (κ1) is 15.4. The van der Waals surface area contributed by atoms with Crippen molar-refractivity contribution in [2.24, 2.45) is 5.92 Å². The molecule has 0 saturated carbocycles. The Morgan fingerprint density at radius 2 is 2.35 bits per heavy atom. The molecule has 112 valence electrons. The van der Waals surface area contributed by atoms with Crippen LogP contribution in [0.25, 0.3) is 0 Å². The molecular formula is C15H24FN3O. The number of aromatic nitrogens is 1. The average molecular weight is 281 g/mol. The maximum Gasteiger partial charge on any atom is 0.141 e. The Kier molecular flexibility index (Phi) is 5.46. The van der Waals surface area contributed by atoms with E-state index in [1.807, 2.05) is 0 Å². The first-order valence-corrected chi connectivity index (χ1v) is 7.35. The van der Waals surface area contributed by atoms with Crippen molar-refractivity contribution >= 4 is 0 Å². The minimum absolute atomic E-state index is 0.110. The van der Waals surface area contributed by atoms with E-state index in [0.29, 0.717) is 5.92 Å². The second-order valence-electron chi connectivity index (χ2n) is 5.62. The topological polar surface area (TPSA) is 48.4 Å². The van der Waals surface area contributed by atoms with Crippen LogP contribution in [-0.2, 0) is 0 Å². The first-order valence-electron chi connectivity index (χ1n) is 7.35. The lowest BCUT2D eigenvalue weighted by Gasteiger charge is -2.28. The monoisotopic (exact) mass is 281 g/mol. The number of aliphatic hydroxyl groups is 1. The number of nitrogens with zero attached hydrogens (tertiary/aromatic N) is 2. The van der Waals surface area contributed by atoms with Gasteiger partial charge < -0.3 is 15.3 Å². The lowest BCUT2D eigenvalue weighted by Crippen LogP contribution is -2.35. The summed E-state index contributed by atoms with van der Waals surface area (Å²) >= 11 is 0. The predicted molar refractivity (Wildman–Crippen MR) is 76.8 cm³/mol. The van der Waals surface area contributed by atoms with Gasteiger partial charge in [0.2, 0.25) is 0 Å². The van der Waals surface area contributed by atoms with Gasteiger partial charge in [-0.1, -0.05) is 13.8 Å². The third-order valence-electron chi connectivity index (χ3n) is 3.86. The molecule has 3 atom stereocenters. The van der Waals surface area contributed by atoms with Gasteiger partial charge in [0.1, 0.15) is 5.82 Å². The van der Waals surface area contributed by atoms with Crippen molar-refractivity contribution in [3.63, 3.8) is 0 Å². The summed E-state index contributed by atoms with van der Waals surface area (Å²) < 4.78 is 13.0. The predicted octanol–water partition coefficient (Wildman–Crippen LogP) is 1.57. The van der Waals surface area contributed by atoms with Gasteiger partial charge in [-0.15, -0.1) is 0 Å². The van der Waals surface area contributed by atoms with Gasteiger partial charge in [-0.2, -0.15) is 0 Å². The average Bonchev–Trinajstić information content (AvgIpc) is 2.82. The molecule has 0 aliphatic carbocycles. The Morgan fingerprint density at radius 1 is 1.55 bits per heavy atom. The van der Waals surface area contributed by atoms with Crippen LogP contribution in [0, 0.1) is 11.7 Å². The smallest absolute Gasteiger partial charge is 0.141 e. The fraction of sp³-hybridized carbons (Fsp3) is 0.667. The van der Waals surface area contributed by atoms with Crippen molar-refractivity contribution in [3.05, 3.63) is 29.8 Å². The summed E-state index contributed by atoms with van der Waals surface area (Å²) in [5, 5.41) is 13.0. The van der Waals surface area contributed by atoms with Crippen LogP contribution in [0.4, 0.5) is 4.39 Å². The van der Waals surface area contributed by atoms with Gasteiger partial charge in [0.15, 0.2) is 0 Å². The summed E-state index contributed by atoms with van der Waals surface area (Å²) in [4.78, 5) is 6.48. The van der Waals surface area contributed by atoms with Gasteiger partial charge in [0.25, 0.3) is 0 Å². The number of likely N-dealkylation sites (tertiary alicyclic amines) is 1. The maximum absolute atomic E-state index is 13.0. The number of nitrogens with one attached hydrogen (secondary N) is 1. The zero-order chi connectivity index (χ0) is 14.5. The molecule has 3 unspecified atom stereocenters. The fourth-order valence-electron chi connectivity index (χ4n) is 2.88. The molecule has 2 heterocycles. The summed E-state index contributed by atoms with van der Waals surface area (Å²) in [6.07, 6.45) is 1.93. The van der Waals surface area contributed by atoms with Crippen molar-refractivity contribution in [2.75, 3.05) is 26.2 Å². The van der Waals surface area contributed by atoms with E-state index in [-0.39, 0.29) is 18.0 Å². The number of rotatable bonds is 6. The molecule has 1 aromatic heterocycles. The van der Waals surface area contributed by atoms with E-state index >= 15 is 0 Å². The van der Waals surface area contributed by atoms with Crippen molar-refractivity contribution < 1.29 is 9.50 Å². The van der Waals surface area contributed by atoms with Crippen LogP contribution in [0.1, 0.15) is 32.0 Å². The van der Waals surface area contributed by atoms with Crippen molar-refractivity contribution in [2.45, 2.75) is 32.4 Å². The van der Waals surface area contributed by atoms with Crippen LogP contribution in [0.2, 0.25) is 0 Å². The molecule has 0 radical (unpaired) electrons. The van der Waals surface area contributed by atoms with E-state index in [0.717, 1.165) is 38.3 Å². The van der Waals surface area contributed by atoms with E-state index in [1.54, 1.807) is 6.07 Å². The Bertz CT molecular complexity index is 412. The molecule has 0 spiro atoms. The largest absolute Gasteiger partial charge is 0.392 e. The lowest BCUT2D eigenvalue weighted by atomic mass is 9.97. The standard InChI is InChI=1S/C15H24FN3O/c1-3-17-15(14-5-4-12(16)8-18-14)11(2)9-19-7-6-13(20)10-19/h4-5,8,11,13,15,17,20H,3,6-7,9-10H2,1-2H3. The molecule has 1 fully saturated rings. The minimum atomic E-state index is -0.306. The highest BCUT2D eigenvalue weighted by molar-refractivity contribution is 5.11. The molecule has 0 amide bonds. The van der Waals surface area contributed by atoms with Crippen LogP contribution >= 0.6 is 0 Å². The second-order valence-corrected chi connectivity index (χ2v) is 5.62. The Morgan fingerprint density at radius 3 is 2.90 bits per heavy atom. The second kappa shape index (κ2) is 7.11. The highest BCUT2D eigenvalue weighted by atomic mass is 19.1. The zero-order valence-corrected chi connectivity index (χ0v) is 12.2. The van der Waals surface area contributed by atoms with Crippen molar-refractivity contribution in [1.82, 2.24) is 15.2 Å². The molecule has 0 aromatic carbocycles. The molecule has 1 aliphatic rings. The molecule has 1 aromatic rings. The Labute approximate surface area is 120 Å². The zero-order valence-electron chi connectivity index (χ0n) is 12.2. The number of hydrogen-bond acceptors (Lipinski definition) is 4. The Hall–Kier alpha value is -1.04. The molecule has 2 rings (SSSR count). The normalized spacial score (nSPS) is 22.9. The van der Waals surface area contributed by atoms with E-state index in [2.05, 4.69) is 29.0 Å². The lowest BCUT2D eigenvalue weighted by molar-refractivity contribution is 0.166. The molecule has 4 nitrogen and oxygen atoms in total. The van der Waals surface area contributed by atoms with E-state index in [9.17, 15) is 9.50 Å². The van der Waals surface area contributed by atoms with Crippen LogP contribution in [0.5, 0.6) is 0 Å². The molecule has 1 saturated heterocycles. The van der Waals surface area contributed by atoms with E-state index in [1.165, 1.54) is 12.3 Å². The van der Waals surface area contributed by atoms with Crippen LogP contribution < -0.4 is 5.32 Å². The van der Waals surface area contributed by atoms with Crippen LogP contribution in [0.3, 0.4) is 0 Å². The molecule has 1 aliphatic heterocycles. The summed E-state index contributed by atoms with van der Waals surface area (Å²) in [7, 11) is 0. The molecule has 5 heteroatoms. The van der Waals surface area contributed by atoms with Gasteiger partial charge in [0.05, 0.1) is 24.0 Å². The van der Waals surface area contributed by atoms with E-state index in [4.69, 9.17) is 0 Å². The number of hydrogen-bond donors (Lipinski definition) is 2. The quantitative estimate of drug-likeness (QED) is 0.831. The van der Waals surface area contributed by atoms with Crippen LogP contribution in [-0.4, -0.2) is 47.3 Å². The van der Waals surface area contributed by atoms with E-state index < -0.39 is 0 Å². The van der Waals surface area contributed by atoms with Gasteiger partial charge >= 0.3 is 0 Å². The first-order chi connectivity index (χ1) is 9.60. The summed E-state index contributed by atoms with van der Waals surface area (Å²) in [5.74, 6) is 0.0394. The number of aliphatic hydroxyl groups excluding tert-OH is 1. The van der Waals surface area contributed by atoms with Crippen molar-refractivity contribution in [1.29, 1.82) is 0 Å². The fourth-order valence-corrected chi connectivity index (χ4v) is 2.88. The maximum atomic E-state index is 13.0. The van der Waals surface area contributed by atoms with Gasteiger partial charge in [-0.3, -0.25) is 4.98 Å². The SMILES string of the molecule is CCNC(c1ccc(F)cn1)C(C)CN1CCC(O)C1. The van der Waals surface area contributed by atoms with Crippen molar-refractivity contribution in [3.8, 4) is 0 Å². The van der Waals surface area contributed by atoms with Gasteiger partial charge in [-0.05, 0) is 31.0 Å². The highest BCUT2D eigenvalue weighted by Crippen LogP contribution is 2.23. The minimum Gasteiger partial charge on any atom is -0.392 e. The molecule has 2 N–H and O–H groups in total. The summed E-state index contributed by atoms with van der Waals surface area (Å²) in [5.41, 5.74) is 0.875. The summed E-state index contributed by atoms with van der Waals surface area (Å²) in [6.45, 7) is 7.68.